The molecule has 2 aromatic heterocycles. The lowest BCUT2D eigenvalue weighted by atomic mass is 10.1. The Hall–Kier alpha value is -3.88. The molecule has 0 spiro atoms. The van der Waals surface area contributed by atoms with Gasteiger partial charge in [-0.2, -0.15) is 18.3 Å². The van der Waals surface area contributed by atoms with Gasteiger partial charge < -0.3 is 10.5 Å². The van der Waals surface area contributed by atoms with Crippen molar-refractivity contribution >= 4 is 5.82 Å². The standard InChI is InChI=1S/C21H16F3N5O/c22-21(23,24)16-6-4-5-14(9-16)11-29-12-15(10-28-29)18-19(25)26-13-27-20(18)30-17-7-2-1-3-8-17/h1-10,12-13H,11H2,(H2,25,26,27). The molecule has 0 amide bonds. The summed E-state index contributed by atoms with van der Waals surface area (Å²) >= 11 is 0. The number of alkyl halides is 3. The molecule has 0 saturated heterocycles. The highest BCUT2D eigenvalue weighted by Crippen LogP contribution is 2.35. The van der Waals surface area contributed by atoms with Gasteiger partial charge in [0, 0.05) is 11.8 Å². The fourth-order valence-corrected chi connectivity index (χ4v) is 2.94. The van der Waals surface area contributed by atoms with Crippen LogP contribution in [0.15, 0.2) is 73.3 Å². The number of hydrogen-bond acceptors (Lipinski definition) is 5. The van der Waals surface area contributed by atoms with Crippen LogP contribution >= 0.6 is 0 Å². The van der Waals surface area contributed by atoms with Gasteiger partial charge in [-0.25, -0.2) is 9.97 Å². The number of halogens is 3. The summed E-state index contributed by atoms with van der Waals surface area (Å²) in [6.07, 6.45) is 0.0998. The monoisotopic (exact) mass is 411 g/mol. The summed E-state index contributed by atoms with van der Waals surface area (Å²) in [6.45, 7) is 0.159. The van der Waals surface area contributed by atoms with Gasteiger partial charge in [0.2, 0.25) is 5.88 Å². The lowest BCUT2D eigenvalue weighted by Crippen LogP contribution is -2.07. The summed E-state index contributed by atoms with van der Waals surface area (Å²) in [5.74, 6) is 1.04. The molecule has 2 aromatic carbocycles. The summed E-state index contributed by atoms with van der Waals surface area (Å²) in [4.78, 5) is 8.18. The Bertz CT molecular complexity index is 1160. The van der Waals surface area contributed by atoms with Crippen molar-refractivity contribution in [3.63, 3.8) is 0 Å². The van der Waals surface area contributed by atoms with Gasteiger partial charge >= 0.3 is 6.18 Å². The molecule has 2 N–H and O–H groups in total. The van der Waals surface area contributed by atoms with E-state index in [1.165, 1.54) is 17.1 Å². The number of rotatable bonds is 5. The first-order valence-electron chi connectivity index (χ1n) is 8.92. The van der Waals surface area contributed by atoms with E-state index in [4.69, 9.17) is 10.5 Å². The molecular weight excluding hydrogens is 395 g/mol. The van der Waals surface area contributed by atoms with Crippen LogP contribution in [0, 0.1) is 0 Å². The molecular formula is C21H16F3N5O. The smallest absolute Gasteiger partial charge is 0.416 e. The highest BCUT2D eigenvalue weighted by atomic mass is 19.4. The predicted molar refractivity (Wildman–Crippen MR) is 105 cm³/mol. The molecule has 0 fully saturated rings. The predicted octanol–water partition coefficient (Wildman–Crippen LogP) is 4.78. The van der Waals surface area contributed by atoms with Crippen molar-refractivity contribution in [1.82, 2.24) is 19.7 Å². The van der Waals surface area contributed by atoms with E-state index in [0.29, 0.717) is 22.4 Å². The molecule has 9 heteroatoms. The van der Waals surface area contributed by atoms with Crippen molar-refractivity contribution < 1.29 is 17.9 Å². The SMILES string of the molecule is Nc1ncnc(Oc2ccccc2)c1-c1cnn(Cc2cccc(C(F)(F)F)c2)c1. The zero-order valence-electron chi connectivity index (χ0n) is 15.5. The van der Waals surface area contributed by atoms with Gasteiger partial charge in [0.1, 0.15) is 17.9 Å². The molecule has 0 unspecified atom stereocenters. The lowest BCUT2D eigenvalue weighted by molar-refractivity contribution is -0.137. The molecule has 0 aliphatic rings. The van der Waals surface area contributed by atoms with E-state index in [-0.39, 0.29) is 18.2 Å². The summed E-state index contributed by atoms with van der Waals surface area (Å²) in [6, 6.07) is 14.2. The summed E-state index contributed by atoms with van der Waals surface area (Å²) in [5, 5.41) is 4.24. The highest BCUT2D eigenvalue weighted by Gasteiger charge is 2.30. The van der Waals surface area contributed by atoms with Crippen LogP contribution in [-0.2, 0) is 12.7 Å². The molecule has 0 saturated carbocycles. The Balaban J connectivity index is 1.62. The fraction of sp³-hybridized carbons (Fsp3) is 0.0952. The van der Waals surface area contributed by atoms with Crippen molar-refractivity contribution in [2.45, 2.75) is 12.7 Å². The second kappa shape index (κ2) is 7.86. The molecule has 0 aliphatic carbocycles. The van der Waals surface area contributed by atoms with E-state index in [1.807, 2.05) is 18.2 Å². The number of hydrogen-bond donors (Lipinski definition) is 1. The Morgan fingerprint density at radius 1 is 1.00 bits per heavy atom. The minimum absolute atomic E-state index is 0.159. The Labute approximate surface area is 169 Å². The van der Waals surface area contributed by atoms with E-state index in [2.05, 4.69) is 15.1 Å². The minimum atomic E-state index is -4.40. The second-order valence-electron chi connectivity index (χ2n) is 6.48. The number of nitrogens with two attached hydrogens (primary N) is 1. The molecule has 30 heavy (non-hydrogen) atoms. The molecule has 4 rings (SSSR count). The summed E-state index contributed by atoms with van der Waals surface area (Å²) in [7, 11) is 0. The minimum Gasteiger partial charge on any atom is -0.438 e. The van der Waals surface area contributed by atoms with Gasteiger partial charge in [0.15, 0.2) is 0 Å². The number of ether oxygens (including phenoxy) is 1. The molecule has 4 aromatic rings. The molecule has 0 radical (unpaired) electrons. The van der Waals surface area contributed by atoms with Crippen LogP contribution in [0.4, 0.5) is 19.0 Å². The molecule has 2 heterocycles. The quantitative estimate of drug-likeness (QED) is 0.511. The summed E-state index contributed by atoms with van der Waals surface area (Å²) in [5.41, 5.74) is 6.86. The maximum absolute atomic E-state index is 12.9. The fourth-order valence-electron chi connectivity index (χ4n) is 2.94. The normalized spacial score (nSPS) is 11.4. The van der Waals surface area contributed by atoms with Crippen LogP contribution in [0.3, 0.4) is 0 Å². The molecule has 0 atom stereocenters. The lowest BCUT2D eigenvalue weighted by Gasteiger charge is -2.10. The van der Waals surface area contributed by atoms with Gasteiger partial charge in [0.05, 0.1) is 23.9 Å². The van der Waals surface area contributed by atoms with Crippen LogP contribution in [0.25, 0.3) is 11.1 Å². The Morgan fingerprint density at radius 2 is 1.80 bits per heavy atom. The molecule has 0 bridgehead atoms. The summed E-state index contributed by atoms with van der Waals surface area (Å²) < 4.78 is 46.2. The van der Waals surface area contributed by atoms with Crippen LogP contribution in [0.2, 0.25) is 0 Å². The van der Waals surface area contributed by atoms with E-state index in [9.17, 15) is 13.2 Å². The molecule has 0 aliphatic heterocycles. The van der Waals surface area contributed by atoms with Crippen molar-refractivity contribution in [3.05, 3.63) is 84.4 Å². The Morgan fingerprint density at radius 3 is 2.57 bits per heavy atom. The van der Waals surface area contributed by atoms with Crippen molar-refractivity contribution in [3.8, 4) is 22.8 Å². The second-order valence-corrected chi connectivity index (χ2v) is 6.48. The first kappa shape index (κ1) is 19.4. The molecule has 6 nitrogen and oxygen atoms in total. The van der Waals surface area contributed by atoms with Crippen molar-refractivity contribution in [2.24, 2.45) is 0 Å². The van der Waals surface area contributed by atoms with Gasteiger partial charge in [0.25, 0.3) is 0 Å². The zero-order valence-corrected chi connectivity index (χ0v) is 15.5. The van der Waals surface area contributed by atoms with E-state index in [1.54, 1.807) is 30.6 Å². The zero-order chi connectivity index (χ0) is 21.1. The average molecular weight is 411 g/mol. The third kappa shape index (κ3) is 4.24. The first-order valence-corrected chi connectivity index (χ1v) is 8.92. The maximum Gasteiger partial charge on any atom is 0.416 e. The van der Waals surface area contributed by atoms with E-state index < -0.39 is 11.7 Å². The Kier molecular flexibility index (Phi) is 5.09. The van der Waals surface area contributed by atoms with Gasteiger partial charge in [-0.15, -0.1) is 0 Å². The van der Waals surface area contributed by atoms with Crippen LogP contribution < -0.4 is 10.5 Å². The highest BCUT2D eigenvalue weighted by molar-refractivity contribution is 5.77. The van der Waals surface area contributed by atoms with Crippen LogP contribution in [-0.4, -0.2) is 19.7 Å². The maximum atomic E-state index is 12.9. The first-order chi connectivity index (χ1) is 14.4. The number of para-hydroxylation sites is 1. The van der Waals surface area contributed by atoms with Crippen molar-refractivity contribution in [2.75, 3.05) is 5.73 Å². The van der Waals surface area contributed by atoms with Crippen LogP contribution in [0.5, 0.6) is 11.6 Å². The van der Waals surface area contributed by atoms with Gasteiger partial charge in [-0.3, -0.25) is 4.68 Å². The average Bonchev–Trinajstić information content (AvgIpc) is 3.16. The van der Waals surface area contributed by atoms with Crippen LogP contribution in [0.1, 0.15) is 11.1 Å². The van der Waals surface area contributed by atoms with Gasteiger partial charge in [-0.1, -0.05) is 30.3 Å². The largest absolute Gasteiger partial charge is 0.438 e. The third-order valence-electron chi connectivity index (χ3n) is 4.32. The number of benzene rings is 2. The van der Waals surface area contributed by atoms with Gasteiger partial charge in [-0.05, 0) is 29.8 Å². The van der Waals surface area contributed by atoms with Crippen molar-refractivity contribution in [1.29, 1.82) is 0 Å². The number of aromatic nitrogens is 4. The molecule has 152 valence electrons. The number of nitrogen functional groups attached to an aromatic ring is 1. The van der Waals surface area contributed by atoms with E-state index in [0.717, 1.165) is 12.1 Å². The topological polar surface area (TPSA) is 78.8 Å². The number of nitrogens with zero attached hydrogens (tertiary/aromatic N) is 4. The van der Waals surface area contributed by atoms with E-state index >= 15 is 0 Å². The number of anilines is 1. The third-order valence-corrected chi connectivity index (χ3v) is 4.32.